The Balaban J connectivity index is 1.70. The van der Waals surface area contributed by atoms with Crippen molar-refractivity contribution in [2.75, 3.05) is 20.3 Å². The van der Waals surface area contributed by atoms with Crippen LogP contribution in [0.15, 0.2) is 29.4 Å². The Labute approximate surface area is 161 Å². The summed E-state index contributed by atoms with van der Waals surface area (Å²) in [4.78, 5) is 18.8. The first-order chi connectivity index (χ1) is 13.1. The summed E-state index contributed by atoms with van der Waals surface area (Å²) in [5.74, 6) is 0.908. The Hall–Kier alpha value is -2.08. The summed E-state index contributed by atoms with van der Waals surface area (Å²) in [5, 5.41) is 7.47. The highest BCUT2D eigenvalue weighted by Crippen LogP contribution is 2.39. The lowest BCUT2D eigenvalue weighted by Gasteiger charge is -2.37. The predicted molar refractivity (Wildman–Crippen MR) is 104 cm³/mol. The van der Waals surface area contributed by atoms with Crippen LogP contribution >= 0.6 is 0 Å². The van der Waals surface area contributed by atoms with Crippen molar-refractivity contribution in [2.24, 2.45) is 10.6 Å². The van der Waals surface area contributed by atoms with Crippen molar-refractivity contribution in [3.63, 3.8) is 0 Å². The summed E-state index contributed by atoms with van der Waals surface area (Å²) in [5.41, 5.74) is 1.38. The number of amides is 1. The topological polar surface area (TPSA) is 69.2 Å². The van der Waals surface area contributed by atoms with E-state index in [-0.39, 0.29) is 18.1 Å². The summed E-state index contributed by atoms with van der Waals surface area (Å²) in [6.45, 7) is 5.34. The number of nitrogens with one attached hydrogen (secondary N) is 1. The van der Waals surface area contributed by atoms with Crippen LogP contribution in [-0.4, -0.2) is 44.1 Å². The van der Waals surface area contributed by atoms with Crippen molar-refractivity contribution in [1.82, 2.24) is 5.32 Å². The third-order valence-corrected chi connectivity index (χ3v) is 5.69. The van der Waals surface area contributed by atoms with E-state index in [0.717, 1.165) is 36.3 Å². The van der Waals surface area contributed by atoms with E-state index in [2.05, 4.69) is 17.4 Å². The molecule has 0 aromatic heterocycles. The Kier molecular flexibility index (Phi) is 6.37. The van der Waals surface area contributed by atoms with Crippen molar-refractivity contribution in [3.05, 3.63) is 29.8 Å². The molecule has 1 fully saturated rings. The standard InChI is InChI=1S/C21H30N2O4/c1-4-15(2)22-20(24)21(9-11-26-12-10-21)14-16-13-18(23-27-16)17-7-5-6-8-19(17)25-3/h5-8,15-16H,4,9-14H2,1-3H3,(H,22,24)/t15-,16-/m1/s1. The van der Waals surface area contributed by atoms with Gasteiger partial charge in [0.15, 0.2) is 0 Å². The van der Waals surface area contributed by atoms with Crippen LogP contribution in [0.1, 0.15) is 51.5 Å². The van der Waals surface area contributed by atoms with E-state index in [4.69, 9.17) is 14.3 Å². The third-order valence-electron chi connectivity index (χ3n) is 5.69. The van der Waals surface area contributed by atoms with Gasteiger partial charge < -0.3 is 19.6 Å². The minimum atomic E-state index is -0.446. The molecule has 3 rings (SSSR count). The fraction of sp³-hybridized carbons (Fsp3) is 0.619. The lowest BCUT2D eigenvalue weighted by Crippen LogP contribution is -2.48. The average molecular weight is 374 g/mol. The number of para-hydroxylation sites is 1. The molecule has 1 aromatic rings. The molecule has 0 saturated carbocycles. The van der Waals surface area contributed by atoms with Crippen LogP contribution in [0.2, 0.25) is 0 Å². The first kappa shape index (κ1) is 19.7. The van der Waals surface area contributed by atoms with E-state index in [0.29, 0.717) is 26.1 Å². The Morgan fingerprint density at radius 2 is 2.11 bits per heavy atom. The molecule has 148 valence electrons. The molecular formula is C21H30N2O4. The van der Waals surface area contributed by atoms with Crippen LogP contribution in [0, 0.1) is 5.41 Å². The number of rotatable bonds is 7. The second-order valence-electron chi connectivity index (χ2n) is 7.55. The molecule has 6 nitrogen and oxygen atoms in total. The predicted octanol–water partition coefficient (Wildman–Crippen LogP) is 3.29. The number of nitrogens with zero attached hydrogens (tertiary/aromatic N) is 1. The van der Waals surface area contributed by atoms with E-state index < -0.39 is 5.41 Å². The van der Waals surface area contributed by atoms with Gasteiger partial charge in [-0.15, -0.1) is 0 Å². The monoisotopic (exact) mass is 374 g/mol. The van der Waals surface area contributed by atoms with Gasteiger partial charge in [-0.1, -0.05) is 24.2 Å². The molecular weight excluding hydrogens is 344 g/mol. The quantitative estimate of drug-likeness (QED) is 0.795. The van der Waals surface area contributed by atoms with E-state index in [9.17, 15) is 4.79 Å². The summed E-state index contributed by atoms with van der Waals surface area (Å²) < 4.78 is 11.0. The Morgan fingerprint density at radius 1 is 1.37 bits per heavy atom. The second-order valence-corrected chi connectivity index (χ2v) is 7.55. The van der Waals surface area contributed by atoms with E-state index in [1.165, 1.54) is 0 Å². The van der Waals surface area contributed by atoms with Gasteiger partial charge in [0.2, 0.25) is 5.91 Å². The number of carbonyl (C=O) groups excluding carboxylic acids is 1. The fourth-order valence-electron chi connectivity index (χ4n) is 3.78. The van der Waals surface area contributed by atoms with Gasteiger partial charge in [-0.25, -0.2) is 0 Å². The molecule has 1 aromatic carbocycles. The van der Waals surface area contributed by atoms with Gasteiger partial charge in [-0.2, -0.15) is 0 Å². The van der Waals surface area contributed by atoms with E-state index in [1.807, 2.05) is 31.2 Å². The largest absolute Gasteiger partial charge is 0.496 e. The number of benzene rings is 1. The number of ether oxygens (including phenoxy) is 2. The normalized spacial score (nSPS) is 22.5. The minimum absolute atomic E-state index is 0.106. The van der Waals surface area contributed by atoms with E-state index >= 15 is 0 Å². The summed E-state index contributed by atoms with van der Waals surface area (Å²) in [7, 11) is 1.66. The summed E-state index contributed by atoms with van der Waals surface area (Å²) in [6, 6.07) is 7.98. The van der Waals surface area contributed by atoms with Crippen LogP contribution in [-0.2, 0) is 14.4 Å². The number of hydrogen-bond acceptors (Lipinski definition) is 5. The molecule has 0 aliphatic carbocycles. The van der Waals surface area contributed by atoms with Crippen LogP contribution in [0.5, 0.6) is 5.75 Å². The summed E-state index contributed by atoms with van der Waals surface area (Å²) >= 11 is 0. The number of oxime groups is 1. The molecule has 2 atom stereocenters. The smallest absolute Gasteiger partial charge is 0.226 e. The molecule has 0 radical (unpaired) electrons. The number of carbonyl (C=O) groups is 1. The van der Waals surface area contributed by atoms with Gasteiger partial charge in [-0.05, 0) is 38.3 Å². The van der Waals surface area contributed by atoms with Crippen molar-refractivity contribution < 1.29 is 19.1 Å². The molecule has 0 unspecified atom stereocenters. The van der Waals surface area contributed by atoms with Crippen LogP contribution in [0.4, 0.5) is 0 Å². The molecule has 2 aliphatic rings. The van der Waals surface area contributed by atoms with Gasteiger partial charge in [0, 0.05) is 37.7 Å². The maximum Gasteiger partial charge on any atom is 0.226 e. The Morgan fingerprint density at radius 3 is 2.81 bits per heavy atom. The third kappa shape index (κ3) is 4.43. The highest BCUT2D eigenvalue weighted by atomic mass is 16.6. The zero-order valence-corrected chi connectivity index (χ0v) is 16.5. The minimum Gasteiger partial charge on any atom is -0.496 e. The Bertz CT molecular complexity index is 683. The maximum atomic E-state index is 13.0. The maximum absolute atomic E-state index is 13.0. The van der Waals surface area contributed by atoms with Gasteiger partial charge >= 0.3 is 0 Å². The van der Waals surface area contributed by atoms with Crippen LogP contribution < -0.4 is 10.1 Å². The molecule has 2 heterocycles. The molecule has 0 spiro atoms. The average Bonchev–Trinajstić information content (AvgIpc) is 3.16. The molecule has 27 heavy (non-hydrogen) atoms. The van der Waals surface area contributed by atoms with Gasteiger partial charge in [0.05, 0.1) is 18.2 Å². The molecule has 6 heteroatoms. The molecule has 1 N–H and O–H groups in total. The van der Waals surface area contributed by atoms with Crippen LogP contribution in [0.25, 0.3) is 0 Å². The number of methoxy groups -OCH3 is 1. The van der Waals surface area contributed by atoms with Crippen molar-refractivity contribution in [3.8, 4) is 5.75 Å². The molecule has 1 amide bonds. The first-order valence-electron chi connectivity index (χ1n) is 9.83. The van der Waals surface area contributed by atoms with Crippen LogP contribution in [0.3, 0.4) is 0 Å². The van der Waals surface area contributed by atoms with Crippen molar-refractivity contribution >= 4 is 11.6 Å². The van der Waals surface area contributed by atoms with Gasteiger partial charge in [0.25, 0.3) is 0 Å². The van der Waals surface area contributed by atoms with E-state index in [1.54, 1.807) is 7.11 Å². The lowest BCUT2D eigenvalue weighted by molar-refractivity contribution is -0.140. The highest BCUT2D eigenvalue weighted by molar-refractivity contribution is 6.03. The lowest BCUT2D eigenvalue weighted by atomic mass is 9.74. The molecule has 2 aliphatic heterocycles. The fourth-order valence-corrected chi connectivity index (χ4v) is 3.78. The van der Waals surface area contributed by atoms with Gasteiger partial charge in [-0.3, -0.25) is 4.79 Å². The SMILES string of the molecule is CC[C@@H](C)NC(=O)C1(C[C@H]2CC(c3ccccc3OC)=NO2)CCOCC1. The number of hydrogen-bond donors (Lipinski definition) is 1. The molecule has 1 saturated heterocycles. The first-order valence-corrected chi connectivity index (χ1v) is 9.83. The zero-order chi connectivity index (χ0) is 19.3. The second kappa shape index (κ2) is 8.74. The molecule has 0 bridgehead atoms. The summed E-state index contributed by atoms with van der Waals surface area (Å²) in [6.07, 6.45) is 3.59. The van der Waals surface area contributed by atoms with Crippen molar-refractivity contribution in [2.45, 2.75) is 58.1 Å². The highest BCUT2D eigenvalue weighted by Gasteiger charge is 2.44. The van der Waals surface area contributed by atoms with Gasteiger partial charge in [0.1, 0.15) is 11.9 Å². The van der Waals surface area contributed by atoms with Crippen molar-refractivity contribution in [1.29, 1.82) is 0 Å². The zero-order valence-electron chi connectivity index (χ0n) is 16.5.